The van der Waals surface area contributed by atoms with Crippen molar-refractivity contribution in [1.29, 1.82) is 0 Å². The van der Waals surface area contributed by atoms with Gasteiger partial charge in [-0.15, -0.1) is 0 Å². The summed E-state index contributed by atoms with van der Waals surface area (Å²) in [5.74, 6) is -4.85. The van der Waals surface area contributed by atoms with Gasteiger partial charge >= 0.3 is 36.0 Å². The van der Waals surface area contributed by atoms with Crippen molar-refractivity contribution < 1.29 is 160 Å². The van der Waals surface area contributed by atoms with Gasteiger partial charge in [0.25, 0.3) is 11.8 Å². The van der Waals surface area contributed by atoms with E-state index in [4.69, 9.17) is 92.0 Å². The van der Waals surface area contributed by atoms with Gasteiger partial charge in [-0.3, -0.25) is 57.9 Å². The molecule has 12 N–H and O–H groups in total. The quantitative estimate of drug-likeness (QED) is 0.00897. The number of aryl methyl sites for hydroxylation is 1. The first kappa shape index (κ1) is 119. The van der Waals surface area contributed by atoms with Crippen molar-refractivity contribution in [2.24, 2.45) is 11.3 Å². The number of imide groups is 1. The molecule has 3 fully saturated rings. The summed E-state index contributed by atoms with van der Waals surface area (Å²) in [6.45, 7) is 20.8. The fourth-order valence-corrected chi connectivity index (χ4v) is 19.9. The predicted molar refractivity (Wildman–Crippen MR) is 503 cm³/mol. The number of anilines is 1. The number of nitrogens with zero attached hydrogens (tertiary/aromatic N) is 4. The number of aliphatic hydroxyl groups excluding tert-OH is 6. The molecule has 7 heterocycles. The van der Waals surface area contributed by atoms with Crippen molar-refractivity contribution >= 4 is 82.0 Å². The van der Waals surface area contributed by atoms with E-state index in [2.05, 4.69) is 107 Å². The number of aliphatic carboxylic acids is 1. The number of aromatic nitrogens is 1. The lowest BCUT2D eigenvalue weighted by molar-refractivity contribution is -0.202. The molecule has 782 valence electrons. The van der Waals surface area contributed by atoms with Crippen LogP contribution in [0.15, 0.2) is 60.7 Å². The molecule has 40 heteroatoms. The van der Waals surface area contributed by atoms with Crippen molar-refractivity contribution in [3.63, 3.8) is 0 Å². The SMILES string of the molecule is CCC(CO)OC(CO)OC.CCC(CO)OC(COC(=O)CCCC(=O)NC(C)C(=O)OCCCCC(=O)[C@]1(O)C2N(C)c3cc(C)c([C@@]4(C)CC5CN(CCc6c4[nH]c4ccccc64)CC(O)(CC)C5)cc3[C@@]23CCN2CC=C[C@](CC)(C23)[C@H]1O)OC.CCC(CO)OC(COC(=O)CCCC(=O)NCCN1C(=O)C=CC1=O)OC.CCC(CO)OC(COC(=O)CCCC(=O)O)OC.O=C=O. The molecule has 1 saturated carbocycles. The number of carboxylic acids is 1. The number of aromatic amines is 1. The number of Topliss-reactive ketones (excluding diaryl/α,β-unsaturated/α-hetero) is 1. The molecule has 4 amide bonds. The van der Waals surface area contributed by atoms with Gasteiger partial charge < -0.3 is 123 Å². The largest absolute Gasteiger partial charge is 0.481 e. The normalized spacial score (nSPS) is 24.4. The van der Waals surface area contributed by atoms with Crippen LogP contribution in [0.2, 0.25) is 0 Å². The minimum atomic E-state index is -2.17. The van der Waals surface area contributed by atoms with Crippen molar-refractivity contribution in [2.75, 3.05) is 146 Å². The molecule has 10 rings (SSSR count). The fourth-order valence-electron chi connectivity index (χ4n) is 19.9. The number of esters is 4. The topological polar surface area (TPSA) is 550 Å². The molecule has 0 radical (unpaired) electrons. The van der Waals surface area contributed by atoms with E-state index < -0.39 is 136 Å². The lowest BCUT2D eigenvalue weighted by atomic mass is 9.47. The highest BCUT2D eigenvalue weighted by atomic mass is 16.7. The zero-order valence-corrected chi connectivity index (χ0v) is 83.3. The van der Waals surface area contributed by atoms with Gasteiger partial charge in [-0.1, -0.05) is 78.0 Å². The highest BCUT2D eigenvalue weighted by Crippen LogP contribution is 2.67. The Kier molecular flexibility index (Phi) is 50.0. The van der Waals surface area contributed by atoms with E-state index in [1.54, 1.807) is 0 Å². The van der Waals surface area contributed by atoms with E-state index >= 15 is 4.79 Å². The van der Waals surface area contributed by atoms with E-state index in [0.717, 1.165) is 66.1 Å². The Morgan fingerprint density at radius 1 is 0.619 bits per heavy atom. The number of hydrogen-bond acceptors (Lipinski definition) is 35. The molecule has 1 aromatic heterocycles. The third-order valence-corrected chi connectivity index (χ3v) is 27.2. The molecule has 2 bridgehead atoms. The van der Waals surface area contributed by atoms with Crippen LogP contribution in [0.25, 0.3) is 10.9 Å². The van der Waals surface area contributed by atoms with Gasteiger partial charge in [-0.25, -0.2) is 4.79 Å². The smallest absolute Gasteiger partial charge is 0.373 e. The van der Waals surface area contributed by atoms with Crippen LogP contribution in [0.4, 0.5) is 5.69 Å². The number of aliphatic hydroxyl groups is 8. The number of para-hydroxylation sites is 1. The summed E-state index contributed by atoms with van der Waals surface area (Å²) >= 11 is 0. The number of piperidine rings is 1. The summed E-state index contributed by atoms with van der Waals surface area (Å²) in [6.07, 6.45) is 9.09. The molecule has 40 nitrogen and oxygen atoms in total. The number of carboxylic acid groups (broad SMARTS) is 1. The molecule has 3 aromatic rings. The number of likely N-dealkylation sites (N-methyl/N-ethyl adjacent to an activating group) is 1. The summed E-state index contributed by atoms with van der Waals surface area (Å²) < 4.78 is 62.1. The predicted octanol–water partition coefficient (Wildman–Crippen LogP) is 4.86. The fraction of sp³-hybridized carbons (Fsp3) is 0.707. The molecule has 2 saturated heterocycles. The van der Waals surface area contributed by atoms with Gasteiger partial charge in [0.2, 0.25) is 11.8 Å². The first-order chi connectivity index (χ1) is 66.4. The molecule has 19 atom stereocenters. The van der Waals surface area contributed by atoms with Crippen molar-refractivity contribution in [3.05, 3.63) is 88.7 Å². The second-order valence-corrected chi connectivity index (χ2v) is 36.3. The summed E-state index contributed by atoms with van der Waals surface area (Å²) in [7, 11) is 7.66. The number of ketones is 1. The number of carbonyl (C=O) groups is 10. The Labute approximate surface area is 814 Å². The molecule has 139 heavy (non-hydrogen) atoms. The number of benzene rings is 2. The maximum Gasteiger partial charge on any atom is 0.373 e. The Bertz CT molecular complexity index is 4460. The molecular formula is C99H153N7O33. The number of rotatable bonds is 53. The molecule has 1 spiro atoms. The number of nitrogens with one attached hydrogen (secondary N) is 3. The first-order valence-corrected chi connectivity index (χ1v) is 48.4. The van der Waals surface area contributed by atoms with Crippen molar-refractivity contribution in [3.8, 4) is 0 Å². The van der Waals surface area contributed by atoms with Crippen LogP contribution in [-0.2, 0) is 132 Å². The Balaban J connectivity index is 0.000000392. The van der Waals surface area contributed by atoms with Crippen LogP contribution in [0.1, 0.15) is 218 Å². The van der Waals surface area contributed by atoms with E-state index in [1.165, 1.54) is 69.7 Å². The number of fused-ring (bicyclic) bond motifs is 6. The Hall–Kier alpha value is -8.98. The number of unbranched alkanes of at least 4 members (excludes halogenated alkanes) is 1. The molecule has 1 aliphatic carbocycles. The monoisotopic (exact) mass is 1970 g/mol. The number of hydrogen-bond donors (Lipinski definition) is 12. The maximum atomic E-state index is 15.2. The van der Waals surface area contributed by atoms with Gasteiger partial charge in [-0.2, -0.15) is 9.59 Å². The van der Waals surface area contributed by atoms with Gasteiger partial charge in [0.1, 0.15) is 32.0 Å². The van der Waals surface area contributed by atoms with E-state index in [-0.39, 0.29) is 173 Å². The van der Waals surface area contributed by atoms with Crippen molar-refractivity contribution in [2.45, 2.75) is 299 Å². The molecule has 6 aliphatic heterocycles. The molecule has 2 aromatic carbocycles. The summed E-state index contributed by atoms with van der Waals surface area (Å²) in [5, 5.41) is 98.2. The highest BCUT2D eigenvalue weighted by Gasteiger charge is 2.78. The number of H-pyrrole nitrogens is 1. The number of methoxy groups -OCH3 is 4. The Morgan fingerprint density at radius 3 is 1.63 bits per heavy atom. The number of amides is 4. The van der Waals surface area contributed by atoms with Crippen LogP contribution in [0.5, 0.6) is 0 Å². The number of ether oxygens (including phenoxy) is 12. The van der Waals surface area contributed by atoms with Crippen LogP contribution in [0, 0.1) is 18.3 Å². The minimum Gasteiger partial charge on any atom is -0.481 e. The zero-order valence-electron chi connectivity index (χ0n) is 83.3. The zero-order chi connectivity index (χ0) is 103. The highest BCUT2D eigenvalue weighted by molar-refractivity contribution is 6.13. The van der Waals surface area contributed by atoms with Crippen LogP contribution in [-0.4, -0.2) is 357 Å². The molecule has 7 aliphatic rings. The first-order valence-electron chi connectivity index (χ1n) is 48.4. The lowest BCUT2D eigenvalue weighted by Crippen LogP contribution is -2.80. The van der Waals surface area contributed by atoms with Crippen molar-refractivity contribution in [1.82, 2.24) is 30.3 Å². The summed E-state index contributed by atoms with van der Waals surface area (Å²) in [4.78, 5) is 149. The second-order valence-electron chi connectivity index (χ2n) is 36.3. The van der Waals surface area contributed by atoms with E-state index in [9.17, 15) is 63.6 Å². The molecule has 14 unspecified atom stereocenters. The maximum absolute atomic E-state index is 15.2. The second kappa shape index (κ2) is 58.6. The summed E-state index contributed by atoms with van der Waals surface area (Å²) in [6, 6.07) is 11.4. The van der Waals surface area contributed by atoms with Gasteiger partial charge in [0.05, 0.1) is 75.7 Å². The van der Waals surface area contributed by atoms with Crippen LogP contribution >= 0.6 is 0 Å². The standard InChI is InChI=1S/C61H87N5O12.C18H28N2O8.C12H22O7.C7H16O4.CO2/c1-9-41(35-67)78-51(75-8)36-77-50(70)22-16-21-49(69)62-39(5)53(71)76-29-15-14-20-48(68)61(74)55-60(25-28-66-26-17-24-59(11-3,54(60)66)56(61)72)45-31-44(38(4)30-47(45)64(55)7)57(6)32-40-33-58(73,10-2)37-65(34-40)27-23-43-42-18-12-13-19-46(42)63-52(43)57;1-3-13(11-21)28-18(26-2)12-27-17(25)6-4-5-14(22)19-9-10-20-15(23)7-8-16(20)24;1-3-9(7-13)19-12(17-2)8-18-11(16)6-4-5-10(14)15;1-3-6(4-8)11-7(5-9)10-2;2-1-3/h12-13,17-19,24,30-31,39-41,51,54-56,63,67,72-74H,9-11,14-16,20-23,25-29,32-37H2,1-8H3,(H,62,69);7-8,13,18,21H,3-6,9-12H2,1-2H3,(H,19,22);9,12-13H,3-8H2,1-2H3,(H,14,15);6-9H,3-5H2,1-2H3;/t39?,40?,41?,51?,54?,55?,56-,57-,58?,59-,60-,61+;;;;/m1..../s1. The lowest BCUT2D eigenvalue weighted by Gasteiger charge is -2.63. The van der Waals surface area contributed by atoms with Gasteiger partial charge in [0.15, 0.2) is 36.5 Å². The third kappa shape index (κ3) is 32.0. The Morgan fingerprint density at radius 2 is 1.14 bits per heavy atom. The van der Waals surface area contributed by atoms with E-state index in [1.807, 2.05) is 34.7 Å². The minimum absolute atomic E-state index is 0.0183. The third-order valence-electron chi connectivity index (χ3n) is 27.2. The number of carbonyl (C=O) groups excluding carboxylic acids is 11. The van der Waals surface area contributed by atoms with E-state index in [0.29, 0.717) is 70.9 Å². The molecular weight excluding hydrogens is 1820 g/mol. The van der Waals surface area contributed by atoms with Crippen LogP contribution in [0.3, 0.4) is 0 Å². The van der Waals surface area contributed by atoms with Gasteiger partial charge in [-0.05, 0) is 164 Å². The van der Waals surface area contributed by atoms with Crippen LogP contribution < -0.4 is 15.5 Å². The van der Waals surface area contributed by atoms with Gasteiger partial charge in [0, 0.05) is 176 Å². The summed E-state index contributed by atoms with van der Waals surface area (Å²) in [5.41, 5.74) is 2.93. The average Bonchev–Trinajstić information content (AvgIpc) is 1.48. The average molecular weight is 1970 g/mol.